The van der Waals surface area contributed by atoms with Gasteiger partial charge in [-0.1, -0.05) is 91.0 Å². The molecule has 1 aliphatic heterocycles. The second-order valence-electron chi connectivity index (χ2n) is 6.78. The van der Waals surface area contributed by atoms with E-state index in [1.165, 1.54) is 0 Å². The number of amides is 3. The average Bonchev–Trinajstić information content (AvgIpc) is 3.13. The molecule has 0 bridgehead atoms. The molecule has 4 rings (SSSR count). The Hall–Kier alpha value is -3.60. The number of nitrogens with zero attached hydrogens (tertiary/aromatic N) is 1. The van der Waals surface area contributed by atoms with Crippen LogP contribution in [0.5, 0.6) is 0 Å². The Bertz CT molecular complexity index is 878. The number of nitrogens with two attached hydrogens (primary N) is 1. The Morgan fingerprint density at radius 2 is 1.21 bits per heavy atom. The van der Waals surface area contributed by atoms with E-state index in [0.29, 0.717) is 0 Å². The van der Waals surface area contributed by atoms with E-state index in [1.807, 2.05) is 91.0 Å². The maximum Gasteiger partial charge on any atom is 0.319 e. The van der Waals surface area contributed by atoms with Crippen molar-refractivity contribution in [3.8, 4) is 0 Å². The lowest BCUT2D eigenvalue weighted by Gasteiger charge is -2.44. The van der Waals surface area contributed by atoms with Crippen molar-refractivity contribution in [3.63, 3.8) is 0 Å². The summed E-state index contributed by atoms with van der Waals surface area (Å²) in [7, 11) is 0. The molecule has 5 heteroatoms. The summed E-state index contributed by atoms with van der Waals surface area (Å²) in [6.07, 6.45) is 0. The third-order valence-corrected chi connectivity index (χ3v) is 5.24. The predicted octanol–water partition coefficient (Wildman–Crippen LogP) is 2.86. The summed E-state index contributed by atoms with van der Waals surface area (Å²) in [5, 5.41) is 2.80. The van der Waals surface area contributed by atoms with Crippen molar-refractivity contribution in [2.75, 3.05) is 6.54 Å². The van der Waals surface area contributed by atoms with Crippen LogP contribution in [0.25, 0.3) is 0 Å². The Balaban J connectivity index is 2.10. The van der Waals surface area contributed by atoms with Gasteiger partial charge in [-0.15, -0.1) is 0 Å². The monoisotopic (exact) mass is 371 g/mol. The Morgan fingerprint density at radius 1 is 0.821 bits per heavy atom. The number of carbonyl (C=O) groups excluding carboxylic acids is 2. The lowest BCUT2D eigenvalue weighted by atomic mass is 9.75. The van der Waals surface area contributed by atoms with E-state index in [-0.39, 0.29) is 12.6 Å². The summed E-state index contributed by atoms with van der Waals surface area (Å²) in [5.41, 5.74) is 7.37. The molecule has 5 nitrogen and oxygen atoms in total. The van der Waals surface area contributed by atoms with E-state index in [2.05, 4.69) is 5.32 Å². The molecule has 3 amide bonds. The van der Waals surface area contributed by atoms with Gasteiger partial charge in [0.25, 0.3) is 0 Å². The van der Waals surface area contributed by atoms with E-state index < -0.39 is 17.5 Å². The van der Waals surface area contributed by atoms with Gasteiger partial charge >= 0.3 is 6.03 Å². The van der Waals surface area contributed by atoms with Crippen LogP contribution >= 0.6 is 0 Å². The van der Waals surface area contributed by atoms with Gasteiger partial charge in [0, 0.05) is 6.54 Å². The molecule has 1 heterocycles. The number of primary amides is 1. The van der Waals surface area contributed by atoms with E-state index in [9.17, 15) is 9.59 Å². The first-order valence-electron chi connectivity index (χ1n) is 9.18. The minimum Gasteiger partial charge on any atom is -0.368 e. The summed E-state index contributed by atoms with van der Waals surface area (Å²) in [6, 6.07) is 28.2. The second-order valence-corrected chi connectivity index (χ2v) is 6.78. The van der Waals surface area contributed by atoms with Gasteiger partial charge in [0.05, 0.1) is 0 Å². The first kappa shape index (κ1) is 17.8. The number of nitrogens with one attached hydrogen (secondary N) is 1. The van der Waals surface area contributed by atoms with E-state index in [0.717, 1.165) is 16.7 Å². The molecule has 28 heavy (non-hydrogen) atoms. The number of hydrogen-bond acceptors (Lipinski definition) is 2. The fourth-order valence-corrected chi connectivity index (χ4v) is 4.07. The summed E-state index contributed by atoms with van der Waals surface area (Å²) in [6.45, 7) is 0.183. The van der Waals surface area contributed by atoms with Gasteiger partial charge in [-0.05, 0) is 16.7 Å². The van der Waals surface area contributed by atoms with Crippen molar-refractivity contribution in [1.29, 1.82) is 0 Å². The molecule has 0 aliphatic carbocycles. The number of benzene rings is 3. The number of rotatable bonds is 5. The molecule has 0 saturated carbocycles. The summed E-state index contributed by atoms with van der Waals surface area (Å²) < 4.78 is 0. The van der Waals surface area contributed by atoms with Gasteiger partial charge in [-0.25, -0.2) is 4.79 Å². The van der Waals surface area contributed by atoms with Crippen LogP contribution in [-0.4, -0.2) is 29.4 Å². The molecule has 1 fully saturated rings. The summed E-state index contributed by atoms with van der Waals surface area (Å²) >= 11 is 0. The van der Waals surface area contributed by atoms with Crippen LogP contribution in [0.15, 0.2) is 91.0 Å². The third kappa shape index (κ3) is 2.72. The van der Waals surface area contributed by atoms with Crippen molar-refractivity contribution in [1.82, 2.24) is 10.2 Å². The zero-order chi connectivity index (χ0) is 19.6. The SMILES string of the molecule is NC(=O)C1CNC(=O)N1C(c1ccccc1)(c1ccccc1)c1ccccc1. The third-order valence-electron chi connectivity index (χ3n) is 5.24. The van der Waals surface area contributed by atoms with Gasteiger partial charge in [-0.2, -0.15) is 0 Å². The molecule has 0 radical (unpaired) electrons. The van der Waals surface area contributed by atoms with Gasteiger partial charge in [0.1, 0.15) is 11.6 Å². The lowest BCUT2D eigenvalue weighted by Crippen LogP contribution is -2.56. The maximum atomic E-state index is 13.1. The topological polar surface area (TPSA) is 75.4 Å². The molecule has 3 aromatic rings. The van der Waals surface area contributed by atoms with Crippen molar-refractivity contribution in [3.05, 3.63) is 108 Å². The molecule has 0 spiro atoms. The van der Waals surface area contributed by atoms with Crippen LogP contribution in [-0.2, 0) is 10.3 Å². The lowest BCUT2D eigenvalue weighted by molar-refractivity contribution is -0.122. The van der Waals surface area contributed by atoms with Crippen LogP contribution in [0.1, 0.15) is 16.7 Å². The zero-order valence-electron chi connectivity index (χ0n) is 15.3. The van der Waals surface area contributed by atoms with Crippen LogP contribution in [0.2, 0.25) is 0 Å². The predicted molar refractivity (Wildman–Crippen MR) is 107 cm³/mol. The quantitative estimate of drug-likeness (QED) is 0.677. The normalized spacial score (nSPS) is 16.6. The molecular formula is C23H21N3O2. The summed E-state index contributed by atoms with van der Waals surface area (Å²) in [4.78, 5) is 26.9. The standard InChI is InChI=1S/C23H21N3O2/c24-21(27)20-16-25-22(28)26(20)23(17-10-4-1-5-11-17,18-12-6-2-7-13-18)19-14-8-3-9-15-19/h1-15,20H,16H2,(H2,24,27)(H,25,28). The van der Waals surface area contributed by atoms with Crippen LogP contribution in [0, 0.1) is 0 Å². The largest absolute Gasteiger partial charge is 0.368 e. The number of urea groups is 1. The highest BCUT2D eigenvalue weighted by Crippen LogP contribution is 2.44. The van der Waals surface area contributed by atoms with E-state index >= 15 is 0 Å². The Morgan fingerprint density at radius 3 is 1.57 bits per heavy atom. The molecule has 3 aromatic carbocycles. The fourth-order valence-electron chi connectivity index (χ4n) is 4.07. The van der Waals surface area contributed by atoms with Crippen molar-refractivity contribution in [2.45, 2.75) is 11.6 Å². The van der Waals surface area contributed by atoms with Crippen molar-refractivity contribution in [2.24, 2.45) is 5.73 Å². The first-order valence-corrected chi connectivity index (χ1v) is 9.18. The molecular weight excluding hydrogens is 350 g/mol. The molecule has 1 saturated heterocycles. The Kier molecular flexibility index (Phi) is 4.57. The minimum atomic E-state index is -0.996. The van der Waals surface area contributed by atoms with Gasteiger partial charge < -0.3 is 11.1 Å². The average molecular weight is 371 g/mol. The van der Waals surface area contributed by atoms with Gasteiger partial charge in [0.15, 0.2) is 0 Å². The first-order chi connectivity index (χ1) is 13.7. The zero-order valence-corrected chi connectivity index (χ0v) is 15.3. The fraction of sp³-hybridized carbons (Fsp3) is 0.130. The molecule has 1 atom stereocenters. The highest BCUT2D eigenvalue weighted by Gasteiger charge is 2.51. The molecule has 140 valence electrons. The smallest absolute Gasteiger partial charge is 0.319 e. The van der Waals surface area contributed by atoms with Crippen molar-refractivity contribution < 1.29 is 9.59 Å². The second kappa shape index (κ2) is 7.19. The molecule has 1 unspecified atom stereocenters. The van der Waals surface area contributed by atoms with Gasteiger partial charge in [0.2, 0.25) is 5.91 Å². The van der Waals surface area contributed by atoms with Crippen LogP contribution < -0.4 is 11.1 Å². The highest BCUT2D eigenvalue weighted by atomic mass is 16.2. The van der Waals surface area contributed by atoms with Crippen LogP contribution in [0.4, 0.5) is 4.79 Å². The van der Waals surface area contributed by atoms with E-state index in [4.69, 9.17) is 5.73 Å². The molecule has 3 N–H and O–H groups in total. The highest BCUT2D eigenvalue weighted by molar-refractivity contribution is 5.91. The number of hydrogen-bond donors (Lipinski definition) is 2. The maximum absolute atomic E-state index is 13.1. The number of carbonyl (C=O) groups is 2. The molecule has 0 aromatic heterocycles. The minimum absolute atomic E-state index is 0.183. The van der Waals surface area contributed by atoms with Crippen molar-refractivity contribution >= 4 is 11.9 Å². The van der Waals surface area contributed by atoms with Crippen LogP contribution in [0.3, 0.4) is 0 Å². The van der Waals surface area contributed by atoms with E-state index in [1.54, 1.807) is 4.90 Å². The summed E-state index contributed by atoms with van der Waals surface area (Å²) in [5.74, 6) is -0.537. The Labute approximate surface area is 163 Å². The molecule has 1 aliphatic rings. The van der Waals surface area contributed by atoms with Gasteiger partial charge in [-0.3, -0.25) is 9.69 Å².